The lowest BCUT2D eigenvalue weighted by Gasteiger charge is -2.22. The summed E-state index contributed by atoms with van der Waals surface area (Å²) in [5, 5.41) is 0. The van der Waals surface area contributed by atoms with Crippen molar-refractivity contribution in [2.45, 2.75) is 20.3 Å². The molecular weight excluding hydrogens is 176 g/mol. The number of carbonyl (C=O) groups excluding carboxylic acids is 2. The van der Waals surface area contributed by atoms with Gasteiger partial charge in [0.25, 0.3) is 0 Å². The standard InChI is InChI=1S/C12H12O2/c1-7-4-3-5-9-11(7)10(13)6-8(2)12(9)14/h3-4,6-7H,5H2,1-2H3. The van der Waals surface area contributed by atoms with Crippen molar-refractivity contribution in [1.82, 2.24) is 0 Å². The van der Waals surface area contributed by atoms with E-state index in [0.717, 1.165) is 0 Å². The number of hydrogen-bond acceptors (Lipinski definition) is 2. The molecule has 0 aromatic carbocycles. The normalized spacial score (nSPS) is 26.4. The molecule has 0 radical (unpaired) electrons. The molecule has 72 valence electrons. The molecule has 2 heteroatoms. The van der Waals surface area contributed by atoms with Crippen molar-refractivity contribution >= 4 is 11.6 Å². The molecule has 2 aliphatic carbocycles. The highest BCUT2D eigenvalue weighted by Crippen LogP contribution is 2.31. The third-order valence-electron chi connectivity index (χ3n) is 2.77. The van der Waals surface area contributed by atoms with E-state index < -0.39 is 0 Å². The molecule has 0 aliphatic heterocycles. The minimum atomic E-state index is 0.00829. The van der Waals surface area contributed by atoms with Gasteiger partial charge in [0, 0.05) is 22.6 Å². The second-order valence-corrected chi connectivity index (χ2v) is 3.83. The zero-order valence-corrected chi connectivity index (χ0v) is 8.33. The van der Waals surface area contributed by atoms with Crippen LogP contribution in [0.1, 0.15) is 20.3 Å². The van der Waals surface area contributed by atoms with Gasteiger partial charge in [0.1, 0.15) is 0 Å². The van der Waals surface area contributed by atoms with Gasteiger partial charge in [-0.1, -0.05) is 19.1 Å². The van der Waals surface area contributed by atoms with Gasteiger partial charge in [-0.25, -0.2) is 0 Å². The first kappa shape index (κ1) is 9.13. The van der Waals surface area contributed by atoms with Crippen LogP contribution in [0.5, 0.6) is 0 Å². The number of ketones is 2. The molecule has 0 aromatic rings. The van der Waals surface area contributed by atoms with Crippen LogP contribution in [-0.4, -0.2) is 11.6 Å². The van der Waals surface area contributed by atoms with Crippen LogP contribution < -0.4 is 0 Å². The van der Waals surface area contributed by atoms with Gasteiger partial charge in [0.15, 0.2) is 11.6 Å². The van der Waals surface area contributed by atoms with E-state index in [1.54, 1.807) is 6.92 Å². The SMILES string of the molecule is CC1=CC(=O)C2=C(CC=CC2C)C1=O. The van der Waals surface area contributed by atoms with Crippen molar-refractivity contribution in [2.24, 2.45) is 5.92 Å². The quantitative estimate of drug-likeness (QED) is 0.430. The van der Waals surface area contributed by atoms with Crippen LogP contribution in [0.15, 0.2) is 34.9 Å². The highest BCUT2D eigenvalue weighted by atomic mass is 16.1. The van der Waals surface area contributed by atoms with Crippen LogP contribution in [0.2, 0.25) is 0 Å². The van der Waals surface area contributed by atoms with Crippen LogP contribution in [0, 0.1) is 5.92 Å². The van der Waals surface area contributed by atoms with Crippen molar-refractivity contribution in [3.8, 4) is 0 Å². The Balaban J connectivity index is 2.51. The number of Topliss-reactive ketones (excluding diaryl/α,β-unsaturated/α-hetero) is 1. The van der Waals surface area contributed by atoms with Crippen LogP contribution >= 0.6 is 0 Å². The third kappa shape index (κ3) is 1.18. The van der Waals surface area contributed by atoms with Gasteiger partial charge < -0.3 is 0 Å². The van der Waals surface area contributed by atoms with Crippen molar-refractivity contribution < 1.29 is 9.59 Å². The lowest BCUT2D eigenvalue weighted by atomic mass is 9.79. The lowest BCUT2D eigenvalue weighted by molar-refractivity contribution is -0.116. The molecule has 0 spiro atoms. The van der Waals surface area contributed by atoms with Crippen LogP contribution in [0.25, 0.3) is 0 Å². The second-order valence-electron chi connectivity index (χ2n) is 3.83. The lowest BCUT2D eigenvalue weighted by Crippen LogP contribution is -2.23. The monoisotopic (exact) mass is 188 g/mol. The van der Waals surface area contributed by atoms with E-state index in [1.807, 2.05) is 19.1 Å². The van der Waals surface area contributed by atoms with Crippen molar-refractivity contribution in [3.05, 3.63) is 34.9 Å². The van der Waals surface area contributed by atoms with Crippen molar-refractivity contribution in [3.63, 3.8) is 0 Å². The summed E-state index contributed by atoms with van der Waals surface area (Å²) in [6.07, 6.45) is 6.01. The average molecular weight is 188 g/mol. The summed E-state index contributed by atoms with van der Waals surface area (Å²) in [5.74, 6) is 0.129. The molecule has 0 fully saturated rings. The molecule has 0 N–H and O–H groups in total. The highest BCUT2D eigenvalue weighted by Gasteiger charge is 2.29. The first-order valence-corrected chi connectivity index (χ1v) is 4.78. The number of rotatable bonds is 0. The summed E-state index contributed by atoms with van der Waals surface area (Å²) in [7, 11) is 0. The van der Waals surface area contributed by atoms with Crippen molar-refractivity contribution in [2.75, 3.05) is 0 Å². The van der Waals surface area contributed by atoms with Gasteiger partial charge in [-0.3, -0.25) is 9.59 Å². The summed E-state index contributed by atoms with van der Waals surface area (Å²) in [4.78, 5) is 23.4. The molecule has 0 saturated carbocycles. The number of allylic oxidation sites excluding steroid dienone is 6. The minimum Gasteiger partial charge on any atom is -0.290 e. The second kappa shape index (κ2) is 3.05. The first-order valence-electron chi connectivity index (χ1n) is 4.78. The number of hydrogen-bond donors (Lipinski definition) is 0. The topological polar surface area (TPSA) is 34.1 Å². The van der Waals surface area contributed by atoms with Gasteiger partial charge in [0.05, 0.1) is 0 Å². The van der Waals surface area contributed by atoms with E-state index >= 15 is 0 Å². The van der Waals surface area contributed by atoms with E-state index in [9.17, 15) is 9.59 Å². The Bertz CT molecular complexity index is 408. The zero-order chi connectivity index (χ0) is 10.3. The van der Waals surface area contributed by atoms with Gasteiger partial charge in [-0.05, 0) is 19.4 Å². The van der Waals surface area contributed by atoms with E-state index in [-0.39, 0.29) is 17.5 Å². The third-order valence-corrected chi connectivity index (χ3v) is 2.77. The summed E-state index contributed by atoms with van der Waals surface area (Å²) < 4.78 is 0. The Morgan fingerprint density at radius 3 is 2.79 bits per heavy atom. The molecule has 2 rings (SSSR count). The highest BCUT2D eigenvalue weighted by molar-refractivity contribution is 6.23. The summed E-state index contributed by atoms with van der Waals surface area (Å²) in [5.41, 5.74) is 1.96. The fraction of sp³-hybridized carbons (Fsp3) is 0.333. The van der Waals surface area contributed by atoms with Gasteiger partial charge in [-0.2, -0.15) is 0 Å². The Kier molecular flexibility index (Phi) is 1.99. The minimum absolute atomic E-state index is 0.00829. The zero-order valence-electron chi connectivity index (χ0n) is 8.33. The molecule has 2 aliphatic rings. The molecule has 0 aromatic heterocycles. The molecule has 1 unspecified atom stereocenters. The Labute approximate surface area is 83.0 Å². The molecule has 0 amide bonds. The molecular formula is C12H12O2. The van der Waals surface area contributed by atoms with Gasteiger partial charge >= 0.3 is 0 Å². The maximum Gasteiger partial charge on any atom is 0.185 e. The maximum absolute atomic E-state index is 11.7. The molecule has 14 heavy (non-hydrogen) atoms. The van der Waals surface area contributed by atoms with E-state index in [1.165, 1.54) is 6.08 Å². The molecule has 0 heterocycles. The molecule has 0 saturated heterocycles. The molecule has 1 atom stereocenters. The van der Waals surface area contributed by atoms with Gasteiger partial charge in [-0.15, -0.1) is 0 Å². The fourth-order valence-electron chi connectivity index (χ4n) is 2.04. The van der Waals surface area contributed by atoms with E-state index in [4.69, 9.17) is 0 Å². The van der Waals surface area contributed by atoms with E-state index in [2.05, 4.69) is 0 Å². The summed E-state index contributed by atoms with van der Waals surface area (Å²) in [6.45, 7) is 3.65. The van der Waals surface area contributed by atoms with Crippen LogP contribution in [-0.2, 0) is 9.59 Å². The van der Waals surface area contributed by atoms with Crippen molar-refractivity contribution in [1.29, 1.82) is 0 Å². The van der Waals surface area contributed by atoms with Gasteiger partial charge in [0.2, 0.25) is 0 Å². The first-order chi connectivity index (χ1) is 6.61. The van der Waals surface area contributed by atoms with E-state index in [0.29, 0.717) is 23.1 Å². The predicted molar refractivity (Wildman–Crippen MR) is 53.7 cm³/mol. The molecule has 0 bridgehead atoms. The Morgan fingerprint density at radius 1 is 1.36 bits per heavy atom. The smallest absolute Gasteiger partial charge is 0.185 e. The largest absolute Gasteiger partial charge is 0.290 e. The maximum atomic E-state index is 11.7. The fourth-order valence-corrected chi connectivity index (χ4v) is 2.04. The summed E-state index contributed by atoms with van der Waals surface area (Å²) >= 11 is 0. The summed E-state index contributed by atoms with van der Waals surface area (Å²) in [6, 6.07) is 0. The van der Waals surface area contributed by atoms with Crippen LogP contribution in [0.3, 0.4) is 0 Å². The molecule has 2 nitrogen and oxygen atoms in total. The average Bonchev–Trinajstić information content (AvgIpc) is 2.14. The Hall–Kier alpha value is -1.44. The Morgan fingerprint density at radius 2 is 2.07 bits per heavy atom. The van der Waals surface area contributed by atoms with Crippen LogP contribution in [0.4, 0.5) is 0 Å². The number of carbonyl (C=O) groups is 2. The predicted octanol–water partition coefficient (Wildman–Crippen LogP) is 1.98.